The molecule has 0 atom stereocenters. The lowest BCUT2D eigenvalue weighted by Crippen LogP contribution is -2.01. The summed E-state index contributed by atoms with van der Waals surface area (Å²) in [7, 11) is 0. The van der Waals surface area contributed by atoms with Gasteiger partial charge in [-0.3, -0.25) is 0 Å². The third kappa shape index (κ3) is 6.33. The molecule has 0 saturated heterocycles. The fourth-order valence-electron chi connectivity index (χ4n) is 1.44. The molecule has 1 rings (SSSR count). The maximum atomic E-state index is 5.67. The minimum atomic E-state index is 0.642. The minimum Gasteiger partial charge on any atom is -0.465 e. The van der Waals surface area contributed by atoms with Crippen LogP contribution in [0.5, 0.6) is 0 Å². The summed E-state index contributed by atoms with van der Waals surface area (Å²) in [5.41, 5.74) is 1.11. The highest BCUT2D eigenvalue weighted by atomic mass is 16.7. The summed E-state index contributed by atoms with van der Waals surface area (Å²) in [5.74, 6) is 0.642. The molecule has 0 aliphatic carbocycles. The highest BCUT2D eigenvalue weighted by molar-refractivity contribution is 5.49. The first kappa shape index (κ1) is 14.6. The topological polar surface area (TPSA) is 18.5 Å². The Bertz CT molecular complexity index is 318. The van der Waals surface area contributed by atoms with Crippen LogP contribution in [0.4, 0.5) is 0 Å². The Morgan fingerprint density at radius 3 is 2.00 bits per heavy atom. The van der Waals surface area contributed by atoms with Crippen molar-refractivity contribution in [3.63, 3.8) is 0 Å². The van der Waals surface area contributed by atoms with Crippen LogP contribution in [0.3, 0.4) is 0 Å². The van der Waals surface area contributed by atoms with Crippen LogP contribution < -0.4 is 0 Å². The summed E-state index contributed by atoms with van der Waals surface area (Å²) in [6, 6.07) is 10.1. The van der Waals surface area contributed by atoms with Crippen LogP contribution in [0.1, 0.15) is 45.1 Å². The Labute approximate surface area is 111 Å². The van der Waals surface area contributed by atoms with Gasteiger partial charge in [0.1, 0.15) is 0 Å². The van der Waals surface area contributed by atoms with E-state index in [0.29, 0.717) is 5.95 Å². The number of rotatable bonds is 9. The molecule has 0 amide bonds. The van der Waals surface area contributed by atoms with E-state index in [1.54, 1.807) is 0 Å². The van der Waals surface area contributed by atoms with Crippen LogP contribution in [-0.2, 0) is 9.47 Å². The van der Waals surface area contributed by atoms with Crippen molar-refractivity contribution in [1.82, 2.24) is 0 Å². The molecule has 18 heavy (non-hydrogen) atoms. The Kier molecular flexibility index (Phi) is 7.78. The van der Waals surface area contributed by atoms with Gasteiger partial charge in [-0.25, -0.2) is 0 Å². The van der Waals surface area contributed by atoms with E-state index in [0.717, 1.165) is 44.5 Å². The van der Waals surface area contributed by atoms with E-state index in [1.165, 1.54) is 0 Å². The molecule has 0 spiro atoms. The van der Waals surface area contributed by atoms with Gasteiger partial charge in [-0.15, -0.1) is 0 Å². The fourth-order valence-corrected chi connectivity index (χ4v) is 1.44. The van der Waals surface area contributed by atoms with Gasteiger partial charge in [-0.05, 0) is 18.4 Å². The average Bonchev–Trinajstić information content (AvgIpc) is 2.40. The third-order valence-electron chi connectivity index (χ3n) is 2.57. The summed E-state index contributed by atoms with van der Waals surface area (Å²) in [6.45, 7) is 5.76. The molecule has 0 aromatic heterocycles. The van der Waals surface area contributed by atoms with Crippen molar-refractivity contribution in [3.05, 3.63) is 41.8 Å². The minimum absolute atomic E-state index is 0.642. The lowest BCUT2D eigenvalue weighted by Gasteiger charge is -2.11. The summed E-state index contributed by atoms with van der Waals surface area (Å²) in [4.78, 5) is 0. The lowest BCUT2D eigenvalue weighted by molar-refractivity contribution is 0.0370. The molecular weight excluding hydrogens is 224 g/mol. The van der Waals surface area contributed by atoms with Gasteiger partial charge in [0.05, 0.1) is 13.2 Å². The van der Waals surface area contributed by atoms with Gasteiger partial charge in [0, 0.05) is 6.08 Å². The first-order chi connectivity index (χ1) is 8.86. The molecule has 0 heterocycles. The zero-order valence-electron chi connectivity index (χ0n) is 11.5. The van der Waals surface area contributed by atoms with Crippen LogP contribution in [-0.4, -0.2) is 13.2 Å². The molecule has 2 nitrogen and oxygen atoms in total. The van der Waals surface area contributed by atoms with Crippen LogP contribution in [0.15, 0.2) is 36.3 Å². The molecule has 0 bridgehead atoms. The number of hydrogen-bond donors (Lipinski definition) is 0. The number of hydrogen-bond acceptors (Lipinski definition) is 2. The maximum absolute atomic E-state index is 5.67. The Morgan fingerprint density at radius 2 is 1.50 bits per heavy atom. The van der Waals surface area contributed by atoms with Crippen molar-refractivity contribution in [2.45, 2.75) is 39.5 Å². The molecule has 0 aliphatic rings. The molecule has 0 unspecified atom stereocenters. The van der Waals surface area contributed by atoms with Crippen LogP contribution in [0, 0.1) is 0 Å². The molecule has 0 fully saturated rings. The number of benzene rings is 1. The second-order valence-electron chi connectivity index (χ2n) is 4.28. The Morgan fingerprint density at radius 1 is 0.944 bits per heavy atom. The highest BCUT2D eigenvalue weighted by Gasteiger charge is 2.00. The zero-order chi connectivity index (χ0) is 13.1. The van der Waals surface area contributed by atoms with Crippen LogP contribution >= 0.6 is 0 Å². The van der Waals surface area contributed by atoms with Gasteiger partial charge in [0.25, 0.3) is 5.95 Å². The maximum Gasteiger partial charge on any atom is 0.279 e. The molecule has 100 valence electrons. The van der Waals surface area contributed by atoms with Gasteiger partial charge in [0.15, 0.2) is 0 Å². The van der Waals surface area contributed by atoms with E-state index in [2.05, 4.69) is 13.8 Å². The second kappa shape index (κ2) is 9.58. The van der Waals surface area contributed by atoms with Crippen molar-refractivity contribution in [2.24, 2.45) is 0 Å². The molecule has 1 aromatic carbocycles. The molecule has 2 heteroatoms. The SMILES string of the molecule is CCCCOC(=Cc1ccccc1)OCCCC. The molecule has 1 aromatic rings. The fraction of sp³-hybridized carbons (Fsp3) is 0.500. The summed E-state index contributed by atoms with van der Waals surface area (Å²) >= 11 is 0. The van der Waals surface area contributed by atoms with Gasteiger partial charge in [0.2, 0.25) is 0 Å². The van der Waals surface area contributed by atoms with Crippen molar-refractivity contribution in [3.8, 4) is 0 Å². The van der Waals surface area contributed by atoms with E-state index in [9.17, 15) is 0 Å². The quantitative estimate of drug-likeness (QED) is 0.469. The second-order valence-corrected chi connectivity index (χ2v) is 4.28. The molecular formula is C16H24O2. The van der Waals surface area contributed by atoms with Crippen LogP contribution in [0.2, 0.25) is 0 Å². The monoisotopic (exact) mass is 248 g/mol. The largest absolute Gasteiger partial charge is 0.465 e. The average molecular weight is 248 g/mol. The molecule has 0 N–H and O–H groups in total. The predicted molar refractivity (Wildman–Crippen MR) is 76.1 cm³/mol. The van der Waals surface area contributed by atoms with Crippen LogP contribution in [0.25, 0.3) is 6.08 Å². The first-order valence-electron chi connectivity index (χ1n) is 6.89. The number of unbranched alkanes of at least 4 members (excludes halogenated alkanes) is 2. The van der Waals surface area contributed by atoms with Gasteiger partial charge < -0.3 is 9.47 Å². The van der Waals surface area contributed by atoms with Gasteiger partial charge >= 0.3 is 0 Å². The summed E-state index contributed by atoms with van der Waals surface area (Å²) in [6.07, 6.45) is 6.35. The normalized spacial score (nSPS) is 9.89. The van der Waals surface area contributed by atoms with Crippen molar-refractivity contribution < 1.29 is 9.47 Å². The number of ether oxygens (including phenoxy) is 2. The first-order valence-corrected chi connectivity index (χ1v) is 6.89. The summed E-state index contributed by atoms with van der Waals surface area (Å²) in [5, 5.41) is 0. The Balaban J connectivity index is 2.54. The highest BCUT2D eigenvalue weighted by Crippen LogP contribution is 2.10. The Hall–Kier alpha value is -1.44. The van der Waals surface area contributed by atoms with E-state index < -0.39 is 0 Å². The zero-order valence-corrected chi connectivity index (χ0v) is 11.5. The van der Waals surface area contributed by atoms with Gasteiger partial charge in [-0.2, -0.15) is 0 Å². The molecule has 0 aliphatic heterocycles. The third-order valence-corrected chi connectivity index (χ3v) is 2.57. The van der Waals surface area contributed by atoms with E-state index in [-0.39, 0.29) is 0 Å². The smallest absolute Gasteiger partial charge is 0.279 e. The van der Waals surface area contributed by atoms with Crippen molar-refractivity contribution in [1.29, 1.82) is 0 Å². The van der Waals surface area contributed by atoms with E-state index >= 15 is 0 Å². The van der Waals surface area contributed by atoms with E-state index in [4.69, 9.17) is 9.47 Å². The van der Waals surface area contributed by atoms with Crippen molar-refractivity contribution >= 4 is 6.08 Å². The standard InChI is InChI=1S/C16H24O2/c1-3-5-12-17-16(18-13-6-4-2)14-15-10-8-7-9-11-15/h7-11,14H,3-6,12-13H2,1-2H3. The summed E-state index contributed by atoms with van der Waals surface area (Å²) < 4.78 is 11.3. The lowest BCUT2D eigenvalue weighted by atomic mass is 10.2. The van der Waals surface area contributed by atoms with Gasteiger partial charge in [-0.1, -0.05) is 57.0 Å². The van der Waals surface area contributed by atoms with E-state index in [1.807, 2.05) is 36.4 Å². The predicted octanol–water partition coefficient (Wildman–Crippen LogP) is 4.62. The molecule has 0 saturated carbocycles. The van der Waals surface area contributed by atoms with Crippen molar-refractivity contribution in [2.75, 3.05) is 13.2 Å². The molecule has 0 radical (unpaired) electrons.